The summed E-state index contributed by atoms with van der Waals surface area (Å²) in [6.07, 6.45) is 7.15. The lowest BCUT2D eigenvalue weighted by Gasteiger charge is -2.09. The summed E-state index contributed by atoms with van der Waals surface area (Å²) in [5.41, 5.74) is 0. The van der Waals surface area contributed by atoms with E-state index in [4.69, 9.17) is 5.11 Å². The topological polar surface area (TPSA) is 54.4 Å². The molecule has 0 aliphatic rings. The lowest BCUT2D eigenvalue weighted by atomic mass is 9.96. The number of carbonyl (C=O) groups is 2. The van der Waals surface area contributed by atoms with Crippen LogP contribution in [0.5, 0.6) is 0 Å². The fourth-order valence-electron chi connectivity index (χ4n) is 1.96. The molecule has 0 saturated heterocycles. The van der Waals surface area contributed by atoms with E-state index in [-0.39, 0.29) is 5.78 Å². The Bertz CT molecular complexity index is 236. The van der Waals surface area contributed by atoms with Crippen molar-refractivity contribution in [3.05, 3.63) is 0 Å². The van der Waals surface area contributed by atoms with Gasteiger partial charge in [-0.2, -0.15) is 0 Å². The number of carbonyl (C=O) groups excluding carboxylic acids is 1. The van der Waals surface area contributed by atoms with Crippen LogP contribution in [-0.2, 0) is 9.59 Å². The zero-order valence-corrected chi connectivity index (χ0v) is 11.4. The van der Waals surface area contributed by atoms with Crippen molar-refractivity contribution >= 4 is 11.8 Å². The molecule has 3 nitrogen and oxygen atoms in total. The molecule has 0 radical (unpaired) electrons. The molecule has 100 valence electrons. The number of rotatable bonds is 10. The molecule has 0 rings (SSSR count). The maximum absolute atomic E-state index is 11.4. The van der Waals surface area contributed by atoms with Gasteiger partial charge in [-0.05, 0) is 19.3 Å². The van der Waals surface area contributed by atoms with Gasteiger partial charge in [0.15, 0.2) is 0 Å². The Morgan fingerprint density at radius 3 is 2.24 bits per heavy atom. The van der Waals surface area contributed by atoms with Crippen LogP contribution in [0.4, 0.5) is 0 Å². The molecule has 0 aromatic rings. The number of hydrogen-bond acceptors (Lipinski definition) is 2. The van der Waals surface area contributed by atoms with Crippen molar-refractivity contribution in [1.82, 2.24) is 0 Å². The Morgan fingerprint density at radius 1 is 1.06 bits per heavy atom. The van der Waals surface area contributed by atoms with Crippen molar-refractivity contribution in [2.24, 2.45) is 11.8 Å². The standard InChI is InChI=1S/C14H26O3/c1-4-8-11(2)9-6-5-7-10-13(15)12(3)14(16)17/h11-12H,4-10H2,1-3H3,(H,16,17). The number of carboxylic acids is 1. The van der Waals surface area contributed by atoms with E-state index in [1.807, 2.05) is 0 Å². The Hall–Kier alpha value is -0.860. The van der Waals surface area contributed by atoms with Gasteiger partial charge in [0.05, 0.1) is 0 Å². The van der Waals surface area contributed by atoms with Crippen molar-refractivity contribution in [2.45, 2.75) is 65.7 Å². The minimum atomic E-state index is -1.01. The number of hydrogen-bond donors (Lipinski definition) is 1. The van der Waals surface area contributed by atoms with E-state index in [1.165, 1.54) is 26.2 Å². The van der Waals surface area contributed by atoms with Gasteiger partial charge >= 0.3 is 5.97 Å². The molecular formula is C14H26O3. The van der Waals surface area contributed by atoms with Crippen LogP contribution in [-0.4, -0.2) is 16.9 Å². The van der Waals surface area contributed by atoms with Crippen LogP contribution < -0.4 is 0 Å². The largest absolute Gasteiger partial charge is 0.481 e. The third-order valence-corrected chi connectivity index (χ3v) is 3.25. The molecule has 0 aromatic heterocycles. The predicted molar refractivity (Wildman–Crippen MR) is 69.0 cm³/mol. The van der Waals surface area contributed by atoms with Gasteiger partial charge in [-0.15, -0.1) is 0 Å². The number of unbranched alkanes of at least 4 members (excludes halogenated alkanes) is 2. The number of carboxylic acid groups (broad SMARTS) is 1. The quantitative estimate of drug-likeness (QED) is 0.470. The Kier molecular flexibility index (Phi) is 8.73. The van der Waals surface area contributed by atoms with Gasteiger partial charge in [-0.1, -0.05) is 46.0 Å². The fraction of sp³-hybridized carbons (Fsp3) is 0.857. The maximum atomic E-state index is 11.4. The molecule has 0 aliphatic carbocycles. The van der Waals surface area contributed by atoms with Crippen LogP contribution in [0.25, 0.3) is 0 Å². The summed E-state index contributed by atoms with van der Waals surface area (Å²) in [6, 6.07) is 0. The first-order valence-electron chi connectivity index (χ1n) is 6.74. The van der Waals surface area contributed by atoms with Gasteiger partial charge < -0.3 is 5.11 Å². The van der Waals surface area contributed by atoms with E-state index >= 15 is 0 Å². The molecule has 2 atom stereocenters. The van der Waals surface area contributed by atoms with E-state index < -0.39 is 11.9 Å². The summed E-state index contributed by atoms with van der Waals surface area (Å²) in [5, 5.41) is 8.67. The number of Topliss-reactive ketones (excluding diaryl/α,β-unsaturated/α-hetero) is 1. The zero-order chi connectivity index (χ0) is 13.3. The molecule has 0 bridgehead atoms. The molecule has 0 heterocycles. The predicted octanol–water partition coefficient (Wildman–Crippen LogP) is 3.66. The van der Waals surface area contributed by atoms with E-state index in [1.54, 1.807) is 0 Å². The highest BCUT2D eigenvalue weighted by Gasteiger charge is 2.19. The summed E-state index contributed by atoms with van der Waals surface area (Å²) in [6.45, 7) is 5.93. The second kappa shape index (κ2) is 9.20. The lowest BCUT2D eigenvalue weighted by Crippen LogP contribution is -2.20. The molecule has 2 unspecified atom stereocenters. The summed E-state index contributed by atoms with van der Waals surface area (Å²) in [7, 11) is 0. The number of aliphatic carboxylic acids is 1. The van der Waals surface area contributed by atoms with Crippen molar-refractivity contribution in [1.29, 1.82) is 0 Å². The molecule has 1 N–H and O–H groups in total. The molecule has 0 aromatic carbocycles. The van der Waals surface area contributed by atoms with Gasteiger partial charge in [0.25, 0.3) is 0 Å². The first-order valence-corrected chi connectivity index (χ1v) is 6.74. The van der Waals surface area contributed by atoms with E-state index in [2.05, 4.69) is 13.8 Å². The molecule has 17 heavy (non-hydrogen) atoms. The smallest absolute Gasteiger partial charge is 0.313 e. The average molecular weight is 242 g/mol. The van der Waals surface area contributed by atoms with E-state index in [9.17, 15) is 9.59 Å². The highest BCUT2D eigenvalue weighted by Crippen LogP contribution is 2.15. The molecule has 0 spiro atoms. The van der Waals surface area contributed by atoms with E-state index in [0.29, 0.717) is 6.42 Å². The van der Waals surface area contributed by atoms with Gasteiger partial charge in [-0.25, -0.2) is 0 Å². The molecule has 0 saturated carbocycles. The van der Waals surface area contributed by atoms with Gasteiger partial charge in [0.1, 0.15) is 11.7 Å². The van der Waals surface area contributed by atoms with Gasteiger partial charge in [-0.3, -0.25) is 9.59 Å². The Balaban J connectivity index is 3.52. The van der Waals surface area contributed by atoms with Gasteiger partial charge in [0, 0.05) is 6.42 Å². The fourth-order valence-corrected chi connectivity index (χ4v) is 1.96. The van der Waals surface area contributed by atoms with Gasteiger partial charge in [0.2, 0.25) is 0 Å². The van der Waals surface area contributed by atoms with Crippen LogP contribution >= 0.6 is 0 Å². The first kappa shape index (κ1) is 16.1. The zero-order valence-electron chi connectivity index (χ0n) is 11.4. The maximum Gasteiger partial charge on any atom is 0.313 e. The minimum absolute atomic E-state index is 0.140. The van der Waals surface area contributed by atoms with Crippen LogP contribution in [0.1, 0.15) is 65.7 Å². The average Bonchev–Trinajstić information content (AvgIpc) is 2.27. The third kappa shape index (κ3) is 7.94. The second-order valence-electron chi connectivity index (χ2n) is 5.02. The molecule has 0 amide bonds. The summed E-state index contributed by atoms with van der Waals surface area (Å²) in [4.78, 5) is 22.0. The van der Waals surface area contributed by atoms with Crippen molar-refractivity contribution in [3.63, 3.8) is 0 Å². The summed E-state index contributed by atoms with van der Waals surface area (Å²) >= 11 is 0. The second-order valence-corrected chi connectivity index (χ2v) is 5.02. The monoisotopic (exact) mass is 242 g/mol. The summed E-state index contributed by atoms with van der Waals surface area (Å²) in [5.74, 6) is -1.21. The Labute approximate surface area is 105 Å². The van der Waals surface area contributed by atoms with Crippen LogP contribution in [0.15, 0.2) is 0 Å². The number of ketones is 1. The molecule has 0 fully saturated rings. The van der Waals surface area contributed by atoms with Crippen LogP contribution in [0.2, 0.25) is 0 Å². The molecule has 0 aliphatic heterocycles. The first-order chi connectivity index (χ1) is 7.99. The summed E-state index contributed by atoms with van der Waals surface area (Å²) < 4.78 is 0. The highest BCUT2D eigenvalue weighted by molar-refractivity contribution is 5.97. The van der Waals surface area contributed by atoms with E-state index in [0.717, 1.165) is 25.2 Å². The SMILES string of the molecule is CCCC(C)CCCCCC(=O)C(C)C(=O)O. The third-order valence-electron chi connectivity index (χ3n) is 3.25. The Morgan fingerprint density at radius 2 is 1.71 bits per heavy atom. The molecule has 3 heteroatoms. The van der Waals surface area contributed by atoms with Crippen molar-refractivity contribution in [2.75, 3.05) is 0 Å². The normalized spacial score (nSPS) is 14.3. The van der Waals surface area contributed by atoms with Crippen LogP contribution in [0, 0.1) is 11.8 Å². The minimum Gasteiger partial charge on any atom is -0.481 e. The van der Waals surface area contributed by atoms with Crippen LogP contribution in [0.3, 0.4) is 0 Å². The lowest BCUT2D eigenvalue weighted by molar-refractivity contribution is -0.145. The van der Waals surface area contributed by atoms with Crippen molar-refractivity contribution in [3.8, 4) is 0 Å². The van der Waals surface area contributed by atoms with Crippen molar-refractivity contribution < 1.29 is 14.7 Å². The molecular weight excluding hydrogens is 216 g/mol. The highest BCUT2D eigenvalue weighted by atomic mass is 16.4.